The summed E-state index contributed by atoms with van der Waals surface area (Å²) in [6.45, 7) is 2.27. The molecule has 1 amide bonds. The molecule has 3 rings (SSSR count). The van der Waals surface area contributed by atoms with E-state index in [0.717, 1.165) is 44.8 Å². The van der Waals surface area contributed by atoms with Crippen LogP contribution in [-0.2, 0) is 14.8 Å². The number of fused-ring (bicyclic) bond motifs is 3. The SMILES string of the molecule is CC12CCC(C(=O)NS(C)(=O)=O)(CC1)CC2. The highest BCUT2D eigenvalue weighted by Gasteiger charge is 2.50. The number of nitrogens with one attached hydrogen (secondary N) is 1. The van der Waals surface area contributed by atoms with Gasteiger partial charge in [-0.1, -0.05) is 6.92 Å². The van der Waals surface area contributed by atoms with Crippen molar-refractivity contribution >= 4 is 15.9 Å². The van der Waals surface area contributed by atoms with Crippen LogP contribution in [0.15, 0.2) is 0 Å². The van der Waals surface area contributed by atoms with Crippen molar-refractivity contribution in [3.63, 3.8) is 0 Å². The van der Waals surface area contributed by atoms with Crippen molar-refractivity contribution in [1.82, 2.24) is 4.72 Å². The average molecular weight is 245 g/mol. The maximum atomic E-state index is 12.0. The Labute approximate surface area is 96.8 Å². The quantitative estimate of drug-likeness (QED) is 0.800. The zero-order valence-corrected chi connectivity index (χ0v) is 10.7. The van der Waals surface area contributed by atoms with Gasteiger partial charge in [-0.15, -0.1) is 0 Å². The molecule has 0 aromatic carbocycles. The second-order valence-corrected chi connectivity index (χ2v) is 7.54. The van der Waals surface area contributed by atoms with Crippen molar-refractivity contribution in [2.45, 2.75) is 45.4 Å². The molecular formula is C11H19NO3S. The van der Waals surface area contributed by atoms with Gasteiger partial charge in [-0.25, -0.2) is 8.42 Å². The highest BCUT2D eigenvalue weighted by molar-refractivity contribution is 7.89. The van der Waals surface area contributed by atoms with E-state index in [2.05, 4.69) is 11.6 Å². The van der Waals surface area contributed by atoms with Crippen LogP contribution in [0, 0.1) is 10.8 Å². The van der Waals surface area contributed by atoms with E-state index in [1.165, 1.54) is 0 Å². The van der Waals surface area contributed by atoms with Crippen molar-refractivity contribution in [3.8, 4) is 0 Å². The van der Waals surface area contributed by atoms with E-state index in [1.807, 2.05) is 0 Å². The van der Waals surface area contributed by atoms with Crippen LogP contribution in [0.5, 0.6) is 0 Å². The Morgan fingerprint density at radius 3 is 1.88 bits per heavy atom. The summed E-state index contributed by atoms with van der Waals surface area (Å²) in [7, 11) is -3.42. The number of amides is 1. The largest absolute Gasteiger partial charge is 0.273 e. The summed E-state index contributed by atoms with van der Waals surface area (Å²) in [5.41, 5.74) is -0.00599. The third kappa shape index (κ3) is 2.10. The van der Waals surface area contributed by atoms with E-state index in [4.69, 9.17) is 0 Å². The molecule has 2 bridgehead atoms. The number of rotatable bonds is 2. The molecule has 0 aliphatic heterocycles. The van der Waals surface area contributed by atoms with Crippen molar-refractivity contribution in [3.05, 3.63) is 0 Å². The summed E-state index contributed by atoms with van der Waals surface area (Å²) in [6, 6.07) is 0. The molecule has 0 saturated heterocycles. The van der Waals surface area contributed by atoms with Crippen molar-refractivity contribution in [1.29, 1.82) is 0 Å². The minimum absolute atomic E-state index is 0.281. The Bertz CT molecular complexity index is 388. The van der Waals surface area contributed by atoms with Crippen LogP contribution in [0.3, 0.4) is 0 Å². The first kappa shape index (κ1) is 11.9. The van der Waals surface area contributed by atoms with Crippen LogP contribution in [0.25, 0.3) is 0 Å². The lowest BCUT2D eigenvalue weighted by Gasteiger charge is -2.50. The summed E-state index contributed by atoms with van der Waals surface area (Å²) in [5.74, 6) is -0.281. The van der Waals surface area contributed by atoms with E-state index < -0.39 is 15.4 Å². The number of carbonyl (C=O) groups is 1. The van der Waals surface area contributed by atoms with Crippen LogP contribution < -0.4 is 4.72 Å². The number of hydrogen-bond acceptors (Lipinski definition) is 3. The third-order valence-corrected chi connectivity index (χ3v) is 4.94. The lowest BCUT2D eigenvalue weighted by molar-refractivity contribution is -0.137. The summed E-state index contributed by atoms with van der Waals surface area (Å²) < 4.78 is 24.3. The van der Waals surface area contributed by atoms with E-state index in [1.54, 1.807) is 0 Å². The molecule has 0 radical (unpaired) electrons. The Balaban J connectivity index is 2.13. The topological polar surface area (TPSA) is 63.2 Å². The molecule has 0 aromatic heterocycles. The molecule has 3 fully saturated rings. The summed E-state index contributed by atoms with van der Waals surface area (Å²) in [4.78, 5) is 12.0. The Morgan fingerprint density at radius 1 is 1.06 bits per heavy atom. The van der Waals surface area contributed by atoms with Gasteiger partial charge in [0.1, 0.15) is 0 Å². The van der Waals surface area contributed by atoms with Gasteiger partial charge < -0.3 is 0 Å². The molecule has 1 N–H and O–H groups in total. The zero-order valence-electron chi connectivity index (χ0n) is 9.88. The first-order valence-corrected chi connectivity index (χ1v) is 7.66. The van der Waals surface area contributed by atoms with Gasteiger partial charge in [0.2, 0.25) is 15.9 Å². The Kier molecular flexibility index (Phi) is 2.57. The number of hydrogen-bond donors (Lipinski definition) is 1. The molecule has 3 aliphatic rings. The maximum Gasteiger partial charge on any atom is 0.239 e. The Morgan fingerprint density at radius 2 is 1.50 bits per heavy atom. The first-order chi connectivity index (χ1) is 7.25. The average Bonchev–Trinajstić information content (AvgIpc) is 2.16. The lowest BCUT2D eigenvalue weighted by atomic mass is 9.54. The van der Waals surface area contributed by atoms with Gasteiger partial charge in [0.15, 0.2) is 0 Å². The van der Waals surface area contributed by atoms with Gasteiger partial charge in [-0.05, 0) is 43.9 Å². The molecule has 5 heteroatoms. The normalized spacial score (nSPS) is 38.4. The summed E-state index contributed by atoms with van der Waals surface area (Å²) >= 11 is 0. The predicted molar refractivity (Wildman–Crippen MR) is 61.2 cm³/mol. The molecule has 0 aromatic rings. The standard InChI is InChI=1S/C11H19NO3S/c1-10-3-6-11(7-4-10,8-5-10)9(13)12-16(2,14)15/h3-8H2,1-2H3,(H,12,13). The van der Waals surface area contributed by atoms with Gasteiger partial charge >= 0.3 is 0 Å². The van der Waals surface area contributed by atoms with Gasteiger partial charge in [0.25, 0.3) is 0 Å². The second-order valence-electron chi connectivity index (χ2n) is 5.79. The maximum absolute atomic E-state index is 12.0. The summed E-state index contributed by atoms with van der Waals surface area (Å²) in [5, 5.41) is 0. The highest BCUT2D eigenvalue weighted by Crippen LogP contribution is 2.56. The molecule has 92 valence electrons. The molecule has 4 nitrogen and oxygen atoms in total. The molecule has 0 heterocycles. The van der Waals surface area contributed by atoms with Gasteiger partial charge in [-0.2, -0.15) is 0 Å². The fourth-order valence-electron chi connectivity index (χ4n) is 2.99. The number of sulfonamides is 1. The third-order valence-electron chi connectivity index (χ3n) is 4.38. The molecule has 3 aliphatic carbocycles. The molecule has 3 saturated carbocycles. The lowest BCUT2D eigenvalue weighted by Crippen LogP contribution is -2.50. The van der Waals surface area contributed by atoms with Gasteiger partial charge in [0, 0.05) is 0 Å². The van der Waals surface area contributed by atoms with E-state index in [-0.39, 0.29) is 5.91 Å². The first-order valence-electron chi connectivity index (χ1n) is 5.77. The van der Waals surface area contributed by atoms with E-state index in [0.29, 0.717) is 5.41 Å². The van der Waals surface area contributed by atoms with Crippen molar-refractivity contribution in [2.75, 3.05) is 6.26 Å². The van der Waals surface area contributed by atoms with Crippen molar-refractivity contribution < 1.29 is 13.2 Å². The fraction of sp³-hybridized carbons (Fsp3) is 0.909. The smallest absolute Gasteiger partial charge is 0.239 e. The minimum atomic E-state index is -3.42. The summed E-state index contributed by atoms with van der Waals surface area (Å²) in [6.07, 6.45) is 6.69. The minimum Gasteiger partial charge on any atom is -0.273 e. The van der Waals surface area contributed by atoms with Crippen LogP contribution >= 0.6 is 0 Å². The van der Waals surface area contributed by atoms with E-state index >= 15 is 0 Å². The fourth-order valence-corrected chi connectivity index (χ4v) is 3.54. The van der Waals surface area contributed by atoms with Crippen LogP contribution in [0.1, 0.15) is 45.4 Å². The van der Waals surface area contributed by atoms with Gasteiger partial charge in [0.05, 0.1) is 11.7 Å². The predicted octanol–water partition coefficient (Wildman–Crippen LogP) is 1.42. The Hall–Kier alpha value is -0.580. The van der Waals surface area contributed by atoms with Gasteiger partial charge in [-0.3, -0.25) is 9.52 Å². The van der Waals surface area contributed by atoms with Crippen LogP contribution in [0.2, 0.25) is 0 Å². The molecule has 16 heavy (non-hydrogen) atoms. The number of carbonyl (C=O) groups excluding carboxylic acids is 1. The molecular weight excluding hydrogens is 226 g/mol. The van der Waals surface area contributed by atoms with Crippen molar-refractivity contribution in [2.24, 2.45) is 10.8 Å². The van der Waals surface area contributed by atoms with Crippen LogP contribution in [0.4, 0.5) is 0 Å². The molecule has 0 unspecified atom stereocenters. The van der Waals surface area contributed by atoms with Crippen LogP contribution in [-0.4, -0.2) is 20.6 Å². The second kappa shape index (κ2) is 3.45. The highest BCUT2D eigenvalue weighted by atomic mass is 32.2. The molecule has 0 atom stereocenters. The molecule has 0 spiro atoms. The monoisotopic (exact) mass is 245 g/mol. The van der Waals surface area contributed by atoms with E-state index in [9.17, 15) is 13.2 Å². The zero-order chi connectivity index (χ0) is 12.0.